The summed E-state index contributed by atoms with van der Waals surface area (Å²) in [6, 6.07) is 50.1. The van der Waals surface area contributed by atoms with Crippen molar-refractivity contribution in [2.24, 2.45) is 0 Å². The number of allylic oxidation sites excluding steroid dienone is 1. The molecule has 0 N–H and O–H groups in total. The topological polar surface area (TPSA) is 57.4 Å². The Morgan fingerprint density at radius 1 is 0.571 bits per heavy atom. The fraction of sp³-hybridized carbons (Fsp3) is 0.0222. The Morgan fingerprint density at radius 2 is 1.20 bits per heavy atom. The molecule has 0 bridgehead atoms. The van der Waals surface area contributed by atoms with E-state index in [0.29, 0.717) is 11.1 Å². The summed E-state index contributed by atoms with van der Waals surface area (Å²) in [4.78, 5) is 0. The van der Waals surface area contributed by atoms with Gasteiger partial charge in [0.2, 0.25) is 0 Å². The largest absolute Gasteiger partial charge is 0.309 e. The lowest BCUT2D eigenvalue weighted by Gasteiger charge is -2.21. The van der Waals surface area contributed by atoms with Crippen molar-refractivity contribution in [2.75, 3.05) is 0 Å². The number of fused-ring (bicyclic) bond motifs is 4. The molecule has 0 atom stereocenters. The molecule has 8 aromatic rings. The minimum Gasteiger partial charge on any atom is -0.309 e. The second-order valence-corrected chi connectivity index (χ2v) is 12.0. The van der Waals surface area contributed by atoms with Gasteiger partial charge >= 0.3 is 0 Å². The van der Waals surface area contributed by atoms with Crippen molar-refractivity contribution < 1.29 is 0 Å². The SMILES string of the molecule is C=Cc1c(/C=C\C)n(-c2ccccc2-c2cccc(-n3c4ccccc4c4cc(C#N)ccc43)c2-c2cccc(C#N)c2)c2ccccc12. The molecular formula is C45H30N4. The Labute approximate surface area is 285 Å². The van der Waals surface area contributed by atoms with E-state index in [4.69, 9.17) is 0 Å². The first-order chi connectivity index (χ1) is 24.2. The lowest BCUT2D eigenvalue weighted by molar-refractivity contribution is 1.11. The van der Waals surface area contributed by atoms with Crippen LogP contribution in [0.2, 0.25) is 0 Å². The maximum absolute atomic E-state index is 9.98. The van der Waals surface area contributed by atoms with Crippen molar-refractivity contribution in [1.29, 1.82) is 10.5 Å². The van der Waals surface area contributed by atoms with Crippen LogP contribution >= 0.6 is 0 Å². The summed E-state index contributed by atoms with van der Waals surface area (Å²) in [6.07, 6.45) is 6.16. The maximum atomic E-state index is 9.98. The average Bonchev–Trinajstić information content (AvgIpc) is 3.66. The van der Waals surface area contributed by atoms with Crippen LogP contribution in [0, 0.1) is 22.7 Å². The van der Waals surface area contributed by atoms with Gasteiger partial charge < -0.3 is 9.13 Å². The smallest absolute Gasteiger partial charge is 0.0991 e. The predicted octanol–water partition coefficient (Wildman–Crippen LogP) is 11.5. The van der Waals surface area contributed by atoms with Crippen molar-refractivity contribution in [3.05, 3.63) is 168 Å². The van der Waals surface area contributed by atoms with Crippen LogP contribution in [0.25, 0.3) is 78.5 Å². The molecule has 4 heteroatoms. The van der Waals surface area contributed by atoms with Gasteiger partial charge in [-0.15, -0.1) is 0 Å². The van der Waals surface area contributed by atoms with Crippen molar-refractivity contribution in [1.82, 2.24) is 9.13 Å². The van der Waals surface area contributed by atoms with Crippen molar-refractivity contribution in [3.8, 4) is 45.8 Å². The Morgan fingerprint density at radius 3 is 1.98 bits per heavy atom. The van der Waals surface area contributed by atoms with E-state index < -0.39 is 0 Å². The number of aromatic nitrogens is 2. The van der Waals surface area contributed by atoms with Crippen molar-refractivity contribution in [2.45, 2.75) is 6.92 Å². The Balaban J connectivity index is 1.51. The summed E-state index contributed by atoms with van der Waals surface area (Å²) in [5, 5.41) is 23.0. The van der Waals surface area contributed by atoms with E-state index in [2.05, 4.69) is 131 Å². The van der Waals surface area contributed by atoms with Gasteiger partial charge in [-0.05, 0) is 78.7 Å². The zero-order valence-electron chi connectivity index (χ0n) is 26.9. The molecular weight excluding hydrogens is 597 g/mol. The monoisotopic (exact) mass is 626 g/mol. The van der Waals surface area contributed by atoms with E-state index in [9.17, 15) is 10.5 Å². The van der Waals surface area contributed by atoms with Gasteiger partial charge in [0.05, 0.1) is 56.9 Å². The second kappa shape index (κ2) is 12.0. The lowest BCUT2D eigenvalue weighted by Crippen LogP contribution is -2.03. The first-order valence-electron chi connectivity index (χ1n) is 16.2. The minimum atomic E-state index is 0.592. The molecule has 49 heavy (non-hydrogen) atoms. The number of nitriles is 2. The molecule has 2 heterocycles. The first kappa shape index (κ1) is 29.5. The van der Waals surface area contributed by atoms with Gasteiger partial charge in [0.25, 0.3) is 0 Å². The zero-order valence-corrected chi connectivity index (χ0v) is 26.9. The van der Waals surface area contributed by atoms with E-state index in [1.807, 2.05) is 55.5 Å². The third-order valence-corrected chi connectivity index (χ3v) is 9.28. The van der Waals surface area contributed by atoms with Crippen LogP contribution in [0.1, 0.15) is 29.3 Å². The molecule has 0 saturated heterocycles. The molecule has 0 aliphatic carbocycles. The Bertz CT molecular complexity index is 2720. The Kier molecular flexibility index (Phi) is 7.26. The molecule has 0 fully saturated rings. The number of rotatable bonds is 6. The van der Waals surface area contributed by atoms with E-state index >= 15 is 0 Å². The summed E-state index contributed by atoms with van der Waals surface area (Å²) in [7, 11) is 0. The molecule has 230 valence electrons. The van der Waals surface area contributed by atoms with Crippen LogP contribution in [0.15, 0.2) is 146 Å². The van der Waals surface area contributed by atoms with Gasteiger partial charge in [0.1, 0.15) is 0 Å². The molecule has 6 aromatic carbocycles. The number of nitrogens with zero attached hydrogens (tertiary/aromatic N) is 4. The van der Waals surface area contributed by atoms with E-state index in [1.165, 1.54) is 0 Å². The third kappa shape index (κ3) is 4.67. The van der Waals surface area contributed by atoms with E-state index in [1.54, 1.807) is 0 Å². The number of hydrogen-bond donors (Lipinski definition) is 0. The molecule has 0 aliphatic heterocycles. The quantitative estimate of drug-likeness (QED) is 0.184. The molecule has 0 unspecified atom stereocenters. The Hall–Kier alpha value is -6.88. The number of benzene rings is 6. The van der Waals surface area contributed by atoms with E-state index in [0.717, 1.165) is 77.6 Å². The maximum Gasteiger partial charge on any atom is 0.0991 e. The summed E-state index contributed by atoms with van der Waals surface area (Å²) in [5.41, 5.74) is 12.6. The molecule has 8 rings (SSSR count). The van der Waals surface area contributed by atoms with Gasteiger partial charge in [-0.3, -0.25) is 0 Å². The molecule has 0 spiro atoms. The predicted molar refractivity (Wildman–Crippen MR) is 203 cm³/mol. The highest BCUT2D eigenvalue weighted by molar-refractivity contribution is 6.11. The highest BCUT2D eigenvalue weighted by Crippen LogP contribution is 2.44. The number of hydrogen-bond acceptors (Lipinski definition) is 2. The zero-order chi connectivity index (χ0) is 33.5. The molecule has 0 aliphatic rings. The van der Waals surface area contributed by atoms with Gasteiger partial charge in [-0.25, -0.2) is 0 Å². The molecule has 2 aromatic heterocycles. The summed E-state index contributed by atoms with van der Waals surface area (Å²) >= 11 is 0. The van der Waals surface area contributed by atoms with Crippen LogP contribution in [0.5, 0.6) is 0 Å². The van der Waals surface area contributed by atoms with Gasteiger partial charge in [-0.2, -0.15) is 10.5 Å². The average molecular weight is 627 g/mol. The summed E-state index contributed by atoms with van der Waals surface area (Å²) in [5.74, 6) is 0. The highest BCUT2D eigenvalue weighted by Gasteiger charge is 2.23. The molecule has 0 saturated carbocycles. The molecule has 4 nitrogen and oxygen atoms in total. The van der Waals surface area contributed by atoms with Gasteiger partial charge in [-0.1, -0.05) is 97.6 Å². The van der Waals surface area contributed by atoms with Crippen molar-refractivity contribution >= 4 is 44.9 Å². The second-order valence-electron chi connectivity index (χ2n) is 12.0. The van der Waals surface area contributed by atoms with Gasteiger partial charge in [0, 0.05) is 32.8 Å². The highest BCUT2D eigenvalue weighted by atomic mass is 15.0. The lowest BCUT2D eigenvalue weighted by atomic mass is 9.91. The fourth-order valence-corrected chi connectivity index (χ4v) is 7.28. The van der Waals surface area contributed by atoms with Crippen LogP contribution < -0.4 is 0 Å². The van der Waals surface area contributed by atoms with Crippen LogP contribution in [-0.2, 0) is 0 Å². The number of para-hydroxylation sites is 3. The van der Waals surface area contributed by atoms with Crippen molar-refractivity contribution in [3.63, 3.8) is 0 Å². The van der Waals surface area contributed by atoms with Crippen LogP contribution in [-0.4, -0.2) is 9.13 Å². The van der Waals surface area contributed by atoms with E-state index in [-0.39, 0.29) is 0 Å². The third-order valence-electron chi connectivity index (χ3n) is 9.28. The van der Waals surface area contributed by atoms with Gasteiger partial charge in [0.15, 0.2) is 0 Å². The normalized spacial score (nSPS) is 11.3. The van der Waals surface area contributed by atoms with Crippen LogP contribution in [0.3, 0.4) is 0 Å². The fourth-order valence-electron chi connectivity index (χ4n) is 7.28. The minimum absolute atomic E-state index is 0.592. The summed E-state index contributed by atoms with van der Waals surface area (Å²) < 4.78 is 4.62. The molecule has 0 amide bonds. The molecule has 0 radical (unpaired) electrons. The summed E-state index contributed by atoms with van der Waals surface area (Å²) in [6.45, 7) is 6.23. The van der Waals surface area contributed by atoms with Crippen LogP contribution in [0.4, 0.5) is 0 Å². The first-order valence-corrected chi connectivity index (χ1v) is 16.2. The standard InChI is InChI=1S/C45H30N4/c1-3-13-39-33(4-2)34-16-5-8-20-40(34)48(39)41-21-9-6-17-35(41)37-19-12-23-44(45(37)32-15-11-14-30(26-32)28-46)49-42-22-10-7-18-36(42)38-27-31(29-47)24-25-43(38)49/h3-27H,2H2,1H3/b13-3-.